The molecule has 6 heteroatoms. The lowest BCUT2D eigenvalue weighted by atomic mass is 10.0. The van der Waals surface area contributed by atoms with Gasteiger partial charge in [0.2, 0.25) is 0 Å². The lowest BCUT2D eigenvalue weighted by Gasteiger charge is -2.21. The predicted molar refractivity (Wildman–Crippen MR) is 125 cm³/mol. The van der Waals surface area contributed by atoms with E-state index < -0.39 is 0 Å². The van der Waals surface area contributed by atoms with Crippen molar-refractivity contribution in [3.05, 3.63) is 47.5 Å². The van der Waals surface area contributed by atoms with Crippen LogP contribution in [0.15, 0.2) is 36.4 Å². The fraction of sp³-hybridized carbons (Fsp3) is 0.458. The van der Waals surface area contributed by atoms with Crippen molar-refractivity contribution < 1.29 is 4.74 Å². The van der Waals surface area contributed by atoms with E-state index in [0.29, 0.717) is 23.5 Å². The van der Waals surface area contributed by atoms with Gasteiger partial charge in [0.15, 0.2) is 0 Å². The highest BCUT2D eigenvalue weighted by Crippen LogP contribution is 2.23. The summed E-state index contributed by atoms with van der Waals surface area (Å²) in [5.74, 6) is 0.725. The van der Waals surface area contributed by atoms with E-state index in [1.165, 1.54) is 5.56 Å². The minimum absolute atomic E-state index is 0.355. The van der Waals surface area contributed by atoms with E-state index in [2.05, 4.69) is 36.6 Å². The van der Waals surface area contributed by atoms with Crippen LogP contribution >= 0.6 is 0 Å². The molecule has 3 rings (SSSR count). The molecule has 2 atom stereocenters. The first-order valence-corrected chi connectivity index (χ1v) is 10.8. The molecule has 2 heterocycles. The van der Waals surface area contributed by atoms with Gasteiger partial charge in [-0.15, -0.1) is 0 Å². The fourth-order valence-electron chi connectivity index (χ4n) is 3.70. The highest BCUT2D eigenvalue weighted by molar-refractivity contribution is 6.13. The average Bonchev–Trinajstić information content (AvgIpc) is 3.23. The third kappa shape index (κ3) is 5.97. The summed E-state index contributed by atoms with van der Waals surface area (Å²) in [6, 6.07) is 9.08. The molecular formula is C24H33N5O. The molecule has 1 fully saturated rings. The molecule has 1 saturated heterocycles. The number of pyridine rings is 1. The van der Waals surface area contributed by atoms with Crippen LogP contribution in [-0.4, -0.2) is 48.2 Å². The molecule has 160 valence electrons. The van der Waals surface area contributed by atoms with Crippen molar-refractivity contribution in [1.29, 1.82) is 10.8 Å². The van der Waals surface area contributed by atoms with Gasteiger partial charge in [-0.2, -0.15) is 0 Å². The summed E-state index contributed by atoms with van der Waals surface area (Å²) in [6.45, 7) is 8.39. The van der Waals surface area contributed by atoms with Crippen LogP contribution in [0.4, 0.5) is 5.82 Å². The van der Waals surface area contributed by atoms with Crippen molar-refractivity contribution in [2.24, 2.45) is 0 Å². The van der Waals surface area contributed by atoms with Crippen molar-refractivity contribution in [3.8, 4) is 0 Å². The van der Waals surface area contributed by atoms with Crippen molar-refractivity contribution in [2.45, 2.75) is 52.1 Å². The molecule has 6 nitrogen and oxygen atoms in total. The zero-order valence-electron chi connectivity index (χ0n) is 18.2. The fourth-order valence-corrected chi connectivity index (χ4v) is 3.70. The van der Waals surface area contributed by atoms with Gasteiger partial charge in [0.1, 0.15) is 5.82 Å². The maximum absolute atomic E-state index is 8.51. The normalized spacial score (nSPS) is 17.5. The molecule has 1 aromatic heterocycles. The summed E-state index contributed by atoms with van der Waals surface area (Å²) in [6.07, 6.45) is 6.43. The number of hydrogen-bond donors (Lipinski definition) is 4. The second-order valence-corrected chi connectivity index (χ2v) is 8.06. The average molecular weight is 408 g/mol. The van der Waals surface area contributed by atoms with Gasteiger partial charge in [-0.25, -0.2) is 4.98 Å². The van der Waals surface area contributed by atoms with Crippen molar-refractivity contribution in [2.75, 3.05) is 25.1 Å². The van der Waals surface area contributed by atoms with Gasteiger partial charge in [0, 0.05) is 41.9 Å². The van der Waals surface area contributed by atoms with Crippen LogP contribution in [0.3, 0.4) is 0 Å². The monoisotopic (exact) mass is 407 g/mol. The first kappa shape index (κ1) is 22.1. The molecule has 1 aliphatic heterocycles. The molecule has 0 radical (unpaired) electrons. The van der Waals surface area contributed by atoms with E-state index >= 15 is 0 Å². The molecule has 0 aliphatic carbocycles. The topological polar surface area (TPSA) is 93.9 Å². The molecule has 1 aliphatic rings. The molecule has 1 aromatic carbocycles. The van der Waals surface area contributed by atoms with Gasteiger partial charge in [0.05, 0.1) is 17.8 Å². The Kier molecular flexibility index (Phi) is 7.71. The van der Waals surface area contributed by atoms with Gasteiger partial charge in [-0.3, -0.25) is 0 Å². The van der Waals surface area contributed by atoms with Gasteiger partial charge >= 0.3 is 0 Å². The number of hydrogen-bond acceptors (Lipinski definition) is 6. The molecule has 0 saturated carbocycles. The highest BCUT2D eigenvalue weighted by atomic mass is 16.5. The van der Waals surface area contributed by atoms with Crippen molar-refractivity contribution >= 4 is 28.1 Å². The number of benzene rings is 1. The lowest BCUT2D eigenvalue weighted by Crippen LogP contribution is -2.39. The Bertz CT molecular complexity index is 931. The summed E-state index contributed by atoms with van der Waals surface area (Å²) in [5, 5.41) is 24.3. The number of aryl methyl sites for hydroxylation is 1. The number of aromatic nitrogens is 1. The van der Waals surface area contributed by atoms with Gasteiger partial charge < -0.3 is 26.2 Å². The number of fused-ring (bicyclic) bond motifs is 1. The Morgan fingerprint density at radius 1 is 1.30 bits per heavy atom. The number of nitrogens with one attached hydrogen (secondary N) is 4. The third-order valence-corrected chi connectivity index (χ3v) is 5.44. The minimum atomic E-state index is 0.355. The summed E-state index contributed by atoms with van der Waals surface area (Å²) >= 11 is 0. The maximum atomic E-state index is 8.51. The molecule has 2 aromatic rings. The van der Waals surface area contributed by atoms with E-state index in [-0.39, 0.29) is 0 Å². The first-order chi connectivity index (χ1) is 14.5. The highest BCUT2D eigenvalue weighted by Gasteiger charge is 2.19. The van der Waals surface area contributed by atoms with Crippen LogP contribution in [0.5, 0.6) is 0 Å². The predicted octanol–water partition coefficient (Wildman–Crippen LogP) is 4.47. The van der Waals surface area contributed by atoms with Gasteiger partial charge in [0.25, 0.3) is 0 Å². The van der Waals surface area contributed by atoms with Crippen molar-refractivity contribution in [3.63, 3.8) is 0 Å². The standard InChI is InChI=1S/C24H33N5O/c1-4-19(28-20-10-12-30-15-20)9-11-27-24-21(22(26)7-6-17(3)25)14-18-13-16(2)5-8-23(18)29-24/h5-8,13-14,19-20,25-26,28H,4,9-12,15H2,1-3H3,(H,27,29)/b7-6-,25-17?,26-22?. The van der Waals surface area contributed by atoms with Crippen LogP contribution in [0.1, 0.15) is 44.2 Å². The zero-order chi connectivity index (χ0) is 21.5. The summed E-state index contributed by atoms with van der Waals surface area (Å²) in [4.78, 5) is 4.81. The second kappa shape index (κ2) is 10.5. The number of ether oxygens (including phenoxy) is 1. The van der Waals surface area contributed by atoms with Gasteiger partial charge in [-0.05, 0) is 63.5 Å². The number of nitrogens with zero attached hydrogens (tertiary/aromatic N) is 1. The molecule has 2 unspecified atom stereocenters. The summed E-state index contributed by atoms with van der Waals surface area (Å²) in [7, 11) is 0. The quantitative estimate of drug-likeness (QED) is 0.437. The van der Waals surface area contributed by atoms with Crippen LogP contribution in [0, 0.1) is 17.7 Å². The summed E-state index contributed by atoms with van der Waals surface area (Å²) < 4.78 is 5.47. The zero-order valence-corrected chi connectivity index (χ0v) is 18.2. The van der Waals surface area contributed by atoms with E-state index in [1.807, 2.05) is 12.1 Å². The van der Waals surface area contributed by atoms with E-state index in [4.69, 9.17) is 20.5 Å². The van der Waals surface area contributed by atoms with Crippen molar-refractivity contribution in [1.82, 2.24) is 10.3 Å². The van der Waals surface area contributed by atoms with E-state index in [9.17, 15) is 0 Å². The van der Waals surface area contributed by atoms with Crippen LogP contribution in [-0.2, 0) is 4.74 Å². The minimum Gasteiger partial charge on any atom is -0.380 e. The largest absolute Gasteiger partial charge is 0.380 e. The second-order valence-electron chi connectivity index (χ2n) is 8.06. The number of rotatable bonds is 10. The van der Waals surface area contributed by atoms with E-state index in [1.54, 1.807) is 19.1 Å². The van der Waals surface area contributed by atoms with Crippen LogP contribution in [0.2, 0.25) is 0 Å². The maximum Gasteiger partial charge on any atom is 0.136 e. The Labute approximate surface area is 179 Å². The third-order valence-electron chi connectivity index (χ3n) is 5.44. The van der Waals surface area contributed by atoms with E-state index in [0.717, 1.165) is 61.3 Å². The molecular weight excluding hydrogens is 374 g/mol. The SMILES string of the molecule is CCC(CCNc1nc2ccc(C)cc2cc1C(=N)/C=C\C(C)=N)NC1CCOC1. The van der Waals surface area contributed by atoms with Gasteiger partial charge in [-0.1, -0.05) is 18.6 Å². The summed E-state index contributed by atoms with van der Waals surface area (Å²) in [5.41, 5.74) is 3.62. The molecule has 0 amide bonds. The Hall–Kier alpha value is -2.57. The smallest absolute Gasteiger partial charge is 0.136 e. The Morgan fingerprint density at radius 2 is 2.13 bits per heavy atom. The van der Waals surface area contributed by atoms with Crippen LogP contribution in [0.25, 0.3) is 10.9 Å². The molecule has 0 bridgehead atoms. The number of allylic oxidation sites excluding steroid dienone is 2. The molecule has 30 heavy (non-hydrogen) atoms. The molecule has 0 spiro atoms. The van der Waals surface area contributed by atoms with Crippen LogP contribution < -0.4 is 10.6 Å². The Balaban J connectivity index is 1.76. The first-order valence-electron chi connectivity index (χ1n) is 10.8. The lowest BCUT2D eigenvalue weighted by molar-refractivity contribution is 0.187. The number of anilines is 1. The molecule has 4 N–H and O–H groups in total. The Morgan fingerprint density at radius 3 is 2.83 bits per heavy atom.